The minimum Gasteiger partial charge on any atom is -0.385 e. The first-order valence-corrected chi connectivity index (χ1v) is 6.23. The maximum atomic E-state index is 12.7. The third-order valence-corrected chi connectivity index (χ3v) is 3.48. The average Bonchev–Trinajstić information content (AvgIpc) is 2.28. The molecule has 2 heteroatoms. The van der Waals surface area contributed by atoms with Gasteiger partial charge in [-0.3, -0.25) is 0 Å². The van der Waals surface area contributed by atoms with E-state index in [1.165, 1.54) is 37.8 Å². The van der Waals surface area contributed by atoms with Gasteiger partial charge in [0, 0.05) is 12.2 Å². The lowest BCUT2D eigenvalue weighted by atomic mass is 9.82. The van der Waals surface area contributed by atoms with Crippen molar-refractivity contribution in [3.05, 3.63) is 30.1 Å². The summed E-state index contributed by atoms with van der Waals surface area (Å²) in [5.41, 5.74) is 1.03. The molecule has 1 fully saturated rings. The molecule has 0 spiro atoms. The summed E-state index contributed by atoms with van der Waals surface area (Å²) in [6.45, 7) is 3.36. The molecule has 0 radical (unpaired) electrons. The Morgan fingerprint density at radius 3 is 2.69 bits per heavy atom. The van der Waals surface area contributed by atoms with Crippen molar-refractivity contribution in [1.82, 2.24) is 0 Å². The second-order valence-electron chi connectivity index (χ2n) is 5.03. The highest BCUT2D eigenvalue weighted by Crippen LogP contribution is 2.28. The summed E-state index contributed by atoms with van der Waals surface area (Å²) in [7, 11) is 0. The van der Waals surface area contributed by atoms with Crippen molar-refractivity contribution in [3.63, 3.8) is 0 Å². The molecule has 0 amide bonds. The van der Waals surface area contributed by atoms with Crippen molar-refractivity contribution in [2.45, 2.75) is 32.6 Å². The Labute approximate surface area is 97.1 Å². The highest BCUT2D eigenvalue weighted by molar-refractivity contribution is 5.42. The molecule has 16 heavy (non-hydrogen) atoms. The van der Waals surface area contributed by atoms with E-state index in [9.17, 15) is 4.39 Å². The van der Waals surface area contributed by atoms with Crippen LogP contribution in [0.5, 0.6) is 0 Å². The van der Waals surface area contributed by atoms with E-state index in [2.05, 4.69) is 12.2 Å². The molecule has 2 atom stereocenters. The Balaban J connectivity index is 1.80. The third kappa shape index (κ3) is 3.22. The maximum absolute atomic E-state index is 12.7. The predicted molar refractivity (Wildman–Crippen MR) is 66.0 cm³/mol. The van der Waals surface area contributed by atoms with E-state index in [0.717, 1.165) is 24.1 Å². The van der Waals surface area contributed by atoms with Gasteiger partial charge in [-0.25, -0.2) is 4.39 Å². The van der Waals surface area contributed by atoms with Gasteiger partial charge in [0.25, 0.3) is 0 Å². The molecule has 2 rings (SSSR count). The zero-order valence-corrected chi connectivity index (χ0v) is 9.88. The molecular weight excluding hydrogens is 201 g/mol. The molecule has 1 aromatic rings. The lowest BCUT2D eigenvalue weighted by Crippen LogP contribution is -2.20. The predicted octanol–water partition coefficient (Wildman–Crippen LogP) is 4.06. The maximum Gasteiger partial charge on any atom is 0.123 e. The largest absolute Gasteiger partial charge is 0.385 e. The highest BCUT2D eigenvalue weighted by atomic mass is 19.1. The molecule has 1 saturated carbocycles. The number of rotatable bonds is 3. The van der Waals surface area contributed by atoms with Crippen LogP contribution < -0.4 is 5.32 Å². The number of anilines is 1. The summed E-state index contributed by atoms with van der Waals surface area (Å²) in [6.07, 6.45) is 5.40. The molecule has 1 aliphatic rings. The smallest absolute Gasteiger partial charge is 0.123 e. The Kier molecular flexibility index (Phi) is 3.81. The minimum atomic E-state index is -0.170. The SMILES string of the molecule is CC1CCCC(CNc2ccc(F)cc2)C1. The summed E-state index contributed by atoms with van der Waals surface area (Å²) in [5.74, 6) is 1.49. The Bertz CT molecular complexity index is 320. The van der Waals surface area contributed by atoms with E-state index in [0.29, 0.717) is 0 Å². The zero-order chi connectivity index (χ0) is 11.4. The van der Waals surface area contributed by atoms with Crippen LogP contribution in [0.25, 0.3) is 0 Å². The Morgan fingerprint density at radius 1 is 1.25 bits per heavy atom. The van der Waals surface area contributed by atoms with E-state index in [1.807, 2.05) is 12.1 Å². The second-order valence-corrected chi connectivity index (χ2v) is 5.03. The number of nitrogens with one attached hydrogen (secondary N) is 1. The molecule has 0 saturated heterocycles. The molecule has 1 nitrogen and oxygen atoms in total. The first kappa shape index (κ1) is 11.4. The number of hydrogen-bond donors (Lipinski definition) is 1. The summed E-state index contributed by atoms with van der Waals surface area (Å²) < 4.78 is 12.7. The van der Waals surface area contributed by atoms with Crippen molar-refractivity contribution in [1.29, 1.82) is 0 Å². The third-order valence-electron chi connectivity index (χ3n) is 3.48. The molecule has 0 aromatic heterocycles. The number of halogens is 1. The average molecular weight is 221 g/mol. The highest BCUT2D eigenvalue weighted by Gasteiger charge is 2.18. The molecule has 1 aliphatic carbocycles. The quantitative estimate of drug-likeness (QED) is 0.811. The van der Waals surface area contributed by atoms with Gasteiger partial charge in [0.15, 0.2) is 0 Å². The van der Waals surface area contributed by atoms with Gasteiger partial charge in [0.2, 0.25) is 0 Å². The van der Waals surface area contributed by atoms with E-state index in [-0.39, 0.29) is 5.82 Å². The van der Waals surface area contributed by atoms with Crippen LogP contribution >= 0.6 is 0 Å². The number of hydrogen-bond acceptors (Lipinski definition) is 1. The molecule has 0 bridgehead atoms. The van der Waals surface area contributed by atoms with Gasteiger partial charge in [-0.05, 0) is 48.9 Å². The lowest BCUT2D eigenvalue weighted by molar-refractivity contribution is 0.293. The van der Waals surface area contributed by atoms with Crippen LogP contribution in [0.1, 0.15) is 32.6 Å². The lowest BCUT2D eigenvalue weighted by Gasteiger charge is -2.27. The van der Waals surface area contributed by atoms with E-state index >= 15 is 0 Å². The molecule has 1 aromatic carbocycles. The summed E-state index contributed by atoms with van der Waals surface area (Å²) in [4.78, 5) is 0. The van der Waals surface area contributed by atoms with Crippen LogP contribution in [0.2, 0.25) is 0 Å². The van der Waals surface area contributed by atoms with Gasteiger partial charge in [0.05, 0.1) is 0 Å². The van der Waals surface area contributed by atoms with Crippen molar-refractivity contribution in [2.24, 2.45) is 11.8 Å². The summed E-state index contributed by atoms with van der Waals surface area (Å²) >= 11 is 0. The normalized spacial score (nSPS) is 25.4. The van der Waals surface area contributed by atoms with Crippen LogP contribution in [-0.2, 0) is 0 Å². The van der Waals surface area contributed by atoms with Crippen molar-refractivity contribution in [3.8, 4) is 0 Å². The van der Waals surface area contributed by atoms with Crippen LogP contribution in [0, 0.1) is 17.7 Å². The van der Waals surface area contributed by atoms with Crippen LogP contribution in [-0.4, -0.2) is 6.54 Å². The fourth-order valence-corrected chi connectivity index (χ4v) is 2.58. The van der Waals surface area contributed by atoms with Gasteiger partial charge in [-0.2, -0.15) is 0 Å². The van der Waals surface area contributed by atoms with Gasteiger partial charge in [-0.15, -0.1) is 0 Å². The van der Waals surface area contributed by atoms with Gasteiger partial charge < -0.3 is 5.32 Å². The standard InChI is InChI=1S/C14H20FN/c1-11-3-2-4-12(9-11)10-16-14-7-5-13(15)6-8-14/h5-8,11-12,16H,2-4,9-10H2,1H3. The van der Waals surface area contributed by atoms with Gasteiger partial charge in [0.1, 0.15) is 5.82 Å². The van der Waals surface area contributed by atoms with Gasteiger partial charge in [-0.1, -0.05) is 19.8 Å². The molecule has 0 heterocycles. The Morgan fingerprint density at radius 2 is 2.00 bits per heavy atom. The molecule has 0 aliphatic heterocycles. The molecule has 2 unspecified atom stereocenters. The fourth-order valence-electron chi connectivity index (χ4n) is 2.58. The molecule has 1 N–H and O–H groups in total. The summed E-state index contributed by atoms with van der Waals surface area (Å²) in [5, 5.41) is 3.40. The van der Waals surface area contributed by atoms with E-state index in [4.69, 9.17) is 0 Å². The second kappa shape index (κ2) is 5.33. The first-order chi connectivity index (χ1) is 7.74. The van der Waals surface area contributed by atoms with Crippen molar-refractivity contribution >= 4 is 5.69 Å². The van der Waals surface area contributed by atoms with Crippen molar-refractivity contribution in [2.75, 3.05) is 11.9 Å². The molecular formula is C14H20FN. The van der Waals surface area contributed by atoms with Crippen LogP contribution in [0.15, 0.2) is 24.3 Å². The van der Waals surface area contributed by atoms with Crippen molar-refractivity contribution < 1.29 is 4.39 Å². The van der Waals surface area contributed by atoms with Crippen LogP contribution in [0.4, 0.5) is 10.1 Å². The topological polar surface area (TPSA) is 12.0 Å². The summed E-state index contributed by atoms with van der Waals surface area (Å²) in [6, 6.07) is 6.63. The van der Waals surface area contributed by atoms with Crippen LogP contribution in [0.3, 0.4) is 0 Å². The monoisotopic (exact) mass is 221 g/mol. The molecule has 88 valence electrons. The minimum absolute atomic E-state index is 0.170. The fraction of sp³-hybridized carbons (Fsp3) is 0.571. The Hall–Kier alpha value is -1.05. The first-order valence-electron chi connectivity index (χ1n) is 6.23. The van der Waals surface area contributed by atoms with Gasteiger partial charge >= 0.3 is 0 Å². The van der Waals surface area contributed by atoms with E-state index in [1.54, 1.807) is 0 Å². The zero-order valence-electron chi connectivity index (χ0n) is 9.88. The number of benzene rings is 1. The van der Waals surface area contributed by atoms with E-state index < -0.39 is 0 Å².